The lowest BCUT2D eigenvalue weighted by molar-refractivity contribution is -0.143. The molecule has 0 aromatic heterocycles. The van der Waals surface area contributed by atoms with E-state index in [1.807, 2.05) is 18.2 Å². The van der Waals surface area contributed by atoms with Gasteiger partial charge < -0.3 is 24.6 Å². The molecule has 0 bridgehead atoms. The summed E-state index contributed by atoms with van der Waals surface area (Å²) in [6.45, 7) is -0.0806. The van der Waals surface area contributed by atoms with Gasteiger partial charge in [0.25, 0.3) is 5.91 Å². The number of methoxy groups -OCH3 is 2. The zero-order chi connectivity index (χ0) is 19.6. The number of ether oxygens (including phenoxy) is 3. The highest BCUT2D eigenvalue weighted by Gasteiger charge is 2.06. The topological polar surface area (TPSA) is 94.1 Å². The van der Waals surface area contributed by atoms with Crippen molar-refractivity contribution in [2.75, 3.05) is 20.8 Å². The Morgan fingerprint density at radius 3 is 2.67 bits per heavy atom. The van der Waals surface area contributed by atoms with Crippen molar-refractivity contribution in [1.29, 1.82) is 0 Å². The summed E-state index contributed by atoms with van der Waals surface area (Å²) in [6, 6.07) is 11.9. The van der Waals surface area contributed by atoms with Crippen molar-refractivity contribution in [3.05, 3.63) is 59.7 Å². The molecular weight excluding hydrogens is 350 g/mol. The number of hydrogen-bond donors (Lipinski definition) is 2. The second-order valence-electron chi connectivity index (χ2n) is 5.50. The Kier molecular flexibility index (Phi) is 7.25. The predicted molar refractivity (Wildman–Crippen MR) is 99.5 cm³/mol. The smallest absolute Gasteiger partial charge is 0.331 e. The second-order valence-corrected chi connectivity index (χ2v) is 5.50. The van der Waals surface area contributed by atoms with E-state index in [1.165, 1.54) is 25.3 Å². The third-order valence-electron chi connectivity index (χ3n) is 3.58. The van der Waals surface area contributed by atoms with Crippen LogP contribution in [-0.2, 0) is 20.9 Å². The first-order valence-corrected chi connectivity index (χ1v) is 8.13. The zero-order valence-corrected chi connectivity index (χ0v) is 15.1. The fourth-order valence-electron chi connectivity index (χ4n) is 2.18. The molecule has 7 heteroatoms. The lowest BCUT2D eigenvalue weighted by atomic mass is 10.2. The third kappa shape index (κ3) is 6.39. The van der Waals surface area contributed by atoms with E-state index in [0.29, 0.717) is 23.6 Å². The molecule has 0 saturated carbocycles. The molecule has 0 atom stereocenters. The molecule has 142 valence electrons. The summed E-state index contributed by atoms with van der Waals surface area (Å²) in [5.41, 5.74) is 1.51. The minimum atomic E-state index is -0.654. The Balaban J connectivity index is 1.78. The van der Waals surface area contributed by atoms with Crippen molar-refractivity contribution in [2.24, 2.45) is 0 Å². The Labute approximate surface area is 157 Å². The molecule has 0 aliphatic rings. The number of carbonyl (C=O) groups is 2. The van der Waals surface area contributed by atoms with Crippen LogP contribution in [0, 0.1) is 0 Å². The normalized spacial score (nSPS) is 10.4. The fourth-order valence-corrected chi connectivity index (χ4v) is 2.18. The van der Waals surface area contributed by atoms with Gasteiger partial charge in [-0.1, -0.05) is 18.2 Å². The van der Waals surface area contributed by atoms with Crippen molar-refractivity contribution in [3.63, 3.8) is 0 Å². The maximum atomic E-state index is 11.8. The minimum Gasteiger partial charge on any atom is -0.504 e. The first-order chi connectivity index (χ1) is 13.0. The number of benzene rings is 2. The lowest BCUT2D eigenvalue weighted by Gasteiger charge is -2.07. The van der Waals surface area contributed by atoms with Gasteiger partial charge in [0, 0.05) is 12.6 Å². The predicted octanol–water partition coefficient (Wildman–Crippen LogP) is 2.28. The molecule has 0 heterocycles. The van der Waals surface area contributed by atoms with Crippen LogP contribution in [0.4, 0.5) is 0 Å². The van der Waals surface area contributed by atoms with Gasteiger partial charge in [-0.2, -0.15) is 0 Å². The maximum absolute atomic E-state index is 11.8. The van der Waals surface area contributed by atoms with Gasteiger partial charge in [0.05, 0.1) is 14.2 Å². The van der Waals surface area contributed by atoms with Crippen LogP contribution in [0.5, 0.6) is 17.2 Å². The highest BCUT2D eigenvalue weighted by molar-refractivity contribution is 5.89. The monoisotopic (exact) mass is 371 g/mol. The molecular formula is C20H21NO6. The number of phenolic OH excluding ortho intramolecular Hbond substituents is 1. The Hall–Kier alpha value is -3.48. The molecule has 2 N–H and O–H groups in total. The SMILES string of the molecule is COc1cccc(CNC(=O)COC(=O)/C=C/c2ccc(O)c(OC)c2)c1. The average Bonchev–Trinajstić information content (AvgIpc) is 2.70. The van der Waals surface area contributed by atoms with Crippen LogP contribution in [0.25, 0.3) is 6.08 Å². The lowest BCUT2D eigenvalue weighted by Crippen LogP contribution is -2.28. The van der Waals surface area contributed by atoms with Gasteiger partial charge in [0.1, 0.15) is 5.75 Å². The molecule has 0 saturated heterocycles. The van der Waals surface area contributed by atoms with Crippen molar-refractivity contribution in [3.8, 4) is 17.2 Å². The Morgan fingerprint density at radius 1 is 1.11 bits per heavy atom. The minimum absolute atomic E-state index is 0.00457. The first kappa shape index (κ1) is 19.8. The Bertz CT molecular complexity index is 831. The average molecular weight is 371 g/mol. The highest BCUT2D eigenvalue weighted by atomic mass is 16.5. The number of rotatable bonds is 8. The van der Waals surface area contributed by atoms with Crippen molar-refractivity contribution < 1.29 is 28.9 Å². The highest BCUT2D eigenvalue weighted by Crippen LogP contribution is 2.26. The van der Waals surface area contributed by atoms with Crippen LogP contribution < -0.4 is 14.8 Å². The summed E-state index contributed by atoms with van der Waals surface area (Å²) in [7, 11) is 3.00. The van der Waals surface area contributed by atoms with E-state index < -0.39 is 11.9 Å². The van der Waals surface area contributed by atoms with Crippen molar-refractivity contribution >= 4 is 18.0 Å². The molecule has 0 spiro atoms. The van der Waals surface area contributed by atoms with Crippen LogP contribution in [0.15, 0.2) is 48.5 Å². The standard InChI is InChI=1S/C20H21NO6/c1-25-16-5-3-4-15(10-16)12-21-19(23)13-27-20(24)9-7-14-6-8-17(22)18(11-14)26-2/h3-11,22H,12-13H2,1-2H3,(H,21,23)/b9-7+. The number of hydrogen-bond acceptors (Lipinski definition) is 6. The fraction of sp³-hybridized carbons (Fsp3) is 0.200. The molecule has 2 aromatic rings. The van der Waals surface area contributed by atoms with Crippen LogP contribution in [0.2, 0.25) is 0 Å². The van der Waals surface area contributed by atoms with E-state index in [1.54, 1.807) is 25.3 Å². The number of aromatic hydroxyl groups is 1. The molecule has 2 aromatic carbocycles. The first-order valence-electron chi connectivity index (χ1n) is 8.13. The number of amides is 1. The quantitative estimate of drug-likeness (QED) is 0.546. The number of nitrogens with one attached hydrogen (secondary N) is 1. The molecule has 0 aliphatic heterocycles. The summed E-state index contributed by atoms with van der Waals surface area (Å²) >= 11 is 0. The summed E-state index contributed by atoms with van der Waals surface area (Å²) in [4.78, 5) is 23.5. The van der Waals surface area contributed by atoms with E-state index in [-0.39, 0.29) is 12.4 Å². The molecule has 1 amide bonds. The van der Waals surface area contributed by atoms with Crippen LogP contribution in [-0.4, -0.2) is 37.8 Å². The van der Waals surface area contributed by atoms with Gasteiger partial charge in [-0.3, -0.25) is 4.79 Å². The van der Waals surface area contributed by atoms with Gasteiger partial charge in [0.15, 0.2) is 18.1 Å². The second kappa shape index (κ2) is 9.86. The summed E-state index contributed by atoms with van der Waals surface area (Å²) in [5, 5.41) is 12.2. The van der Waals surface area contributed by atoms with Crippen LogP contribution >= 0.6 is 0 Å². The van der Waals surface area contributed by atoms with E-state index in [0.717, 1.165) is 5.56 Å². The van der Waals surface area contributed by atoms with E-state index in [9.17, 15) is 14.7 Å². The van der Waals surface area contributed by atoms with Crippen molar-refractivity contribution in [2.45, 2.75) is 6.54 Å². The molecule has 27 heavy (non-hydrogen) atoms. The maximum Gasteiger partial charge on any atom is 0.331 e. The molecule has 0 radical (unpaired) electrons. The summed E-state index contributed by atoms with van der Waals surface area (Å²) < 4.78 is 15.0. The van der Waals surface area contributed by atoms with E-state index in [2.05, 4.69) is 5.32 Å². The molecule has 7 nitrogen and oxygen atoms in total. The van der Waals surface area contributed by atoms with Crippen LogP contribution in [0.3, 0.4) is 0 Å². The van der Waals surface area contributed by atoms with Gasteiger partial charge in [-0.25, -0.2) is 4.79 Å². The van der Waals surface area contributed by atoms with Gasteiger partial charge in [0.2, 0.25) is 0 Å². The third-order valence-corrected chi connectivity index (χ3v) is 3.58. The molecule has 0 aliphatic carbocycles. The molecule has 0 unspecified atom stereocenters. The largest absolute Gasteiger partial charge is 0.504 e. The Morgan fingerprint density at radius 2 is 1.93 bits per heavy atom. The zero-order valence-electron chi connectivity index (χ0n) is 15.1. The molecule has 2 rings (SSSR count). The number of esters is 1. The number of phenols is 1. The number of carbonyl (C=O) groups excluding carboxylic acids is 2. The molecule has 0 fully saturated rings. The summed E-state index contributed by atoms with van der Waals surface area (Å²) in [5.74, 6) is -0.0685. The van der Waals surface area contributed by atoms with E-state index >= 15 is 0 Å². The van der Waals surface area contributed by atoms with Crippen molar-refractivity contribution in [1.82, 2.24) is 5.32 Å². The van der Waals surface area contributed by atoms with Crippen LogP contribution in [0.1, 0.15) is 11.1 Å². The summed E-state index contributed by atoms with van der Waals surface area (Å²) in [6.07, 6.45) is 2.69. The van der Waals surface area contributed by atoms with Gasteiger partial charge in [-0.05, 0) is 41.5 Å². The van der Waals surface area contributed by atoms with Gasteiger partial charge >= 0.3 is 5.97 Å². The van der Waals surface area contributed by atoms with Gasteiger partial charge in [-0.15, -0.1) is 0 Å². The van der Waals surface area contributed by atoms with E-state index in [4.69, 9.17) is 14.2 Å².